The van der Waals surface area contributed by atoms with E-state index in [2.05, 4.69) is 0 Å². The largest absolute Gasteiger partial charge is 0.289 e. The molecule has 0 heterocycles. The first-order valence-corrected chi connectivity index (χ1v) is 7.52. The van der Waals surface area contributed by atoms with Gasteiger partial charge in [0, 0.05) is 10.8 Å². The summed E-state index contributed by atoms with van der Waals surface area (Å²) in [7, 11) is 0. The minimum absolute atomic E-state index is 0.205. The lowest BCUT2D eigenvalue weighted by molar-refractivity contribution is -0.167. The van der Waals surface area contributed by atoms with Gasteiger partial charge in [0.15, 0.2) is 0 Å². The third-order valence-electron chi connectivity index (χ3n) is 5.38. The van der Waals surface area contributed by atoms with Crippen LogP contribution in [0, 0.1) is 22.7 Å². The molecule has 0 aliphatic heterocycles. The molecule has 0 radical (unpaired) electrons. The highest BCUT2D eigenvalue weighted by Crippen LogP contribution is 2.66. The van der Waals surface area contributed by atoms with Gasteiger partial charge >= 0.3 is 0 Å². The third kappa shape index (κ3) is 1.88. The van der Waals surface area contributed by atoms with Gasteiger partial charge in [0.05, 0.1) is 0 Å². The maximum absolute atomic E-state index is 12.2. The highest BCUT2D eigenvalue weighted by atomic mass is 35.5. The highest BCUT2D eigenvalue weighted by Gasteiger charge is 2.64. The maximum Gasteiger partial charge on any atom is 0.288 e. The second kappa shape index (κ2) is 4.38. The van der Waals surface area contributed by atoms with Crippen molar-refractivity contribution in [3.05, 3.63) is 0 Å². The average Bonchev–Trinajstić information content (AvgIpc) is 2.35. The van der Waals surface area contributed by atoms with Crippen LogP contribution in [0.15, 0.2) is 0 Å². The van der Waals surface area contributed by atoms with E-state index in [0.717, 1.165) is 6.42 Å². The minimum atomic E-state index is -0.966. The van der Waals surface area contributed by atoms with E-state index in [0.29, 0.717) is 25.7 Å². The topological polar surface area (TPSA) is 68.3 Å². The van der Waals surface area contributed by atoms with E-state index in [1.165, 1.54) is 0 Å². The van der Waals surface area contributed by atoms with Gasteiger partial charge in [-0.3, -0.25) is 19.2 Å². The molecule has 0 aromatic rings. The zero-order valence-corrected chi connectivity index (χ0v) is 12.3. The number of rotatable bonds is 4. The Morgan fingerprint density at radius 3 is 1.40 bits per heavy atom. The fourth-order valence-electron chi connectivity index (χ4n) is 5.21. The van der Waals surface area contributed by atoms with E-state index in [4.69, 9.17) is 23.2 Å². The molecule has 0 N–H and O–H groups in total. The van der Waals surface area contributed by atoms with Crippen molar-refractivity contribution in [1.82, 2.24) is 0 Å². The van der Waals surface area contributed by atoms with Crippen molar-refractivity contribution in [2.45, 2.75) is 38.5 Å². The van der Waals surface area contributed by atoms with Crippen molar-refractivity contribution in [3.63, 3.8) is 0 Å². The van der Waals surface area contributed by atoms with Crippen LogP contribution in [0.5, 0.6) is 0 Å². The zero-order valence-electron chi connectivity index (χ0n) is 10.8. The van der Waals surface area contributed by atoms with Gasteiger partial charge in [-0.15, -0.1) is 0 Å². The molecule has 4 saturated carbocycles. The van der Waals surface area contributed by atoms with Gasteiger partial charge in [0.1, 0.15) is 0 Å². The fourth-order valence-corrected chi connectivity index (χ4v) is 5.61. The minimum Gasteiger partial charge on any atom is -0.289 e. The normalized spacial score (nSPS) is 41.5. The second-order valence-corrected chi connectivity index (χ2v) is 7.41. The molecule has 0 spiro atoms. The number of hydrogen-bond donors (Lipinski definition) is 0. The molecule has 0 unspecified atom stereocenters. The van der Waals surface area contributed by atoms with E-state index in [-0.39, 0.29) is 18.3 Å². The smallest absolute Gasteiger partial charge is 0.288 e. The molecule has 4 nitrogen and oxygen atoms in total. The summed E-state index contributed by atoms with van der Waals surface area (Å²) >= 11 is 10.8. The van der Waals surface area contributed by atoms with Gasteiger partial charge in [-0.05, 0) is 73.6 Å². The summed E-state index contributed by atoms with van der Waals surface area (Å²) in [6.07, 6.45) is 3.62. The summed E-state index contributed by atoms with van der Waals surface area (Å²) < 4.78 is 0. The predicted octanol–water partition coefficient (Wildman–Crippen LogP) is 2.24. The van der Waals surface area contributed by atoms with Crippen LogP contribution < -0.4 is 0 Å². The van der Waals surface area contributed by atoms with E-state index in [9.17, 15) is 19.2 Å². The fraction of sp³-hybridized carbons (Fsp3) is 0.714. The summed E-state index contributed by atoms with van der Waals surface area (Å²) in [4.78, 5) is 47.1. The van der Waals surface area contributed by atoms with Crippen LogP contribution in [0.2, 0.25) is 0 Å². The summed E-state index contributed by atoms with van der Waals surface area (Å²) in [5.41, 5.74) is -1.68. The molecule has 0 amide bonds. The van der Waals surface area contributed by atoms with Crippen LogP contribution >= 0.6 is 23.2 Å². The Balaban J connectivity index is 2.02. The Morgan fingerprint density at radius 1 is 0.750 bits per heavy atom. The second-order valence-electron chi connectivity index (χ2n) is 6.73. The van der Waals surface area contributed by atoms with Crippen LogP contribution in [-0.2, 0) is 19.2 Å². The monoisotopic (exact) mass is 316 g/mol. The molecule has 4 rings (SSSR count). The van der Waals surface area contributed by atoms with Gasteiger partial charge in [0.25, 0.3) is 10.5 Å². The summed E-state index contributed by atoms with van der Waals surface area (Å²) in [6, 6.07) is 0. The number of hydrogen-bond acceptors (Lipinski definition) is 4. The number of carbonyl (C=O) groups is 4. The Hall–Kier alpha value is -0.740. The number of Topliss-reactive ketones (excluding diaryl/α,β-unsaturated/α-hetero) is 2. The van der Waals surface area contributed by atoms with Crippen LogP contribution in [-0.4, -0.2) is 22.1 Å². The molecular weight excluding hydrogens is 303 g/mol. The SMILES string of the molecule is O=C(Cl)C(=O)C12CC3CC(C1)CC(C(=O)C(=O)Cl)(C3)C2. The Kier molecular flexibility index (Phi) is 3.11. The lowest BCUT2D eigenvalue weighted by atomic mass is 9.42. The zero-order chi connectivity index (χ0) is 14.7. The molecule has 20 heavy (non-hydrogen) atoms. The van der Waals surface area contributed by atoms with Gasteiger partial charge in [0.2, 0.25) is 11.6 Å². The van der Waals surface area contributed by atoms with Crippen LogP contribution in [0.4, 0.5) is 0 Å². The first-order valence-electron chi connectivity index (χ1n) is 6.77. The van der Waals surface area contributed by atoms with Crippen molar-refractivity contribution in [1.29, 1.82) is 0 Å². The van der Waals surface area contributed by atoms with Crippen molar-refractivity contribution >= 4 is 45.3 Å². The van der Waals surface area contributed by atoms with Crippen LogP contribution in [0.25, 0.3) is 0 Å². The molecule has 4 bridgehead atoms. The quantitative estimate of drug-likeness (QED) is 0.589. The highest BCUT2D eigenvalue weighted by molar-refractivity contribution is 6.82. The summed E-state index contributed by atoms with van der Waals surface area (Å²) in [5.74, 6) is -0.771. The first-order chi connectivity index (χ1) is 9.28. The molecule has 0 atom stereocenters. The van der Waals surface area contributed by atoms with Crippen LogP contribution in [0.1, 0.15) is 38.5 Å². The van der Waals surface area contributed by atoms with Crippen molar-refractivity contribution in [2.75, 3.05) is 0 Å². The number of halogens is 2. The standard InChI is InChI=1S/C14H14Cl2O4/c15-11(19)9(17)13-2-7-1-8(4-13)5-14(3-7,6-13)10(18)12(16)20/h7-8H,1-6H2. The molecule has 4 fully saturated rings. The first kappa shape index (κ1) is 14.2. The Morgan fingerprint density at radius 2 is 1.10 bits per heavy atom. The van der Waals surface area contributed by atoms with Crippen molar-refractivity contribution in [2.24, 2.45) is 22.7 Å². The third-order valence-corrected chi connectivity index (χ3v) is 5.72. The van der Waals surface area contributed by atoms with E-state index in [1.54, 1.807) is 0 Å². The van der Waals surface area contributed by atoms with Crippen molar-refractivity contribution < 1.29 is 19.2 Å². The number of carbonyl (C=O) groups excluding carboxylic acids is 4. The van der Waals surface area contributed by atoms with E-state index in [1.807, 2.05) is 0 Å². The Bertz CT molecular complexity index is 481. The maximum atomic E-state index is 12.2. The average molecular weight is 317 g/mol. The molecule has 4 aliphatic carbocycles. The lowest BCUT2D eigenvalue weighted by Gasteiger charge is -2.60. The summed E-state index contributed by atoms with van der Waals surface area (Å²) in [6.45, 7) is 0. The molecule has 6 heteroatoms. The number of ketones is 2. The molecular formula is C14H14Cl2O4. The molecule has 0 aromatic carbocycles. The molecule has 0 saturated heterocycles. The van der Waals surface area contributed by atoms with Gasteiger partial charge in [-0.25, -0.2) is 0 Å². The van der Waals surface area contributed by atoms with E-state index < -0.39 is 32.9 Å². The van der Waals surface area contributed by atoms with Gasteiger partial charge in [-0.2, -0.15) is 0 Å². The molecule has 0 aromatic heterocycles. The predicted molar refractivity (Wildman–Crippen MR) is 71.3 cm³/mol. The Labute approximate surface area is 126 Å². The van der Waals surface area contributed by atoms with Gasteiger partial charge < -0.3 is 0 Å². The summed E-state index contributed by atoms with van der Waals surface area (Å²) in [5, 5.41) is -1.93. The van der Waals surface area contributed by atoms with Gasteiger partial charge in [-0.1, -0.05) is 0 Å². The lowest BCUT2D eigenvalue weighted by Crippen LogP contribution is -2.59. The van der Waals surface area contributed by atoms with E-state index >= 15 is 0 Å². The molecule has 108 valence electrons. The molecule has 4 aliphatic rings. The van der Waals surface area contributed by atoms with Crippen LogP contribution in [0.3, 0.4) is 0 Å². The van der Waals surface area contributed by atoms with Crippen molar-refractivity contribution in [3.8, 4) is 0 Å².